The average molecular weight is 239 g/mol. The van der Waals surface area contributed by atoms with Gasteiger partial charge in [-0.05, 0) is 13.0 Å². The van der Waals surface area contributed by atoms with Gasteiger partial charge in [-0.2, -0.15) is 0 Å². The van der Waals surface area contributed by atoms with E-state index in [1.165, 1.54) is 0 Å². The molecular formula is C12H21N3O2. The zero-order valence-electron chi connectivity index (χ0n) is 10.2. The third-order valence-electron chi connectivity index (χ3n) is 2.97. The Bertz CT molecular complexity index is 321. The molecule has 0 radical (unpaired) electrons. The normalized spacial score (nSPS) is 17.5. The van der Waals surface area contributed by atoms with Crippen molar-refractivity contribution in [2.24, 2.45) is 5.73 Å². The number of aryl methyl sites for hydroxylation is 1. The van der Waals surface area contributed by atoms with Gasteiger partial charge in [-0.15, -0.1) is 0 Å². The number of hydrogen-bond donors (Lipinski definition) is 1. The van der Waals surface area contributed by atoms with Crippen molar-refractivity contribution in [1.82, 2.24) is 9.88 Å². The number of ether oxygens (including phenoxy) is 1. The Morgan fingerprint density at radius 2 is 2.12 bits per heavy atom. The smallest absolute Gasteiger partial charge is 0.195 e. The van der Waals surface area contributed by atoms with Gasteiger partial charge in [0, 0.05) is 32.5 Å². The van der Waals surface area contributed by atoms with Gasteiger partial charge in [0.15, 0.2) is 5.89 Å². The lowest BCUT2D eigenvalue weighted by molar-refractivity contribution is 0.0377. The molecule has 0 unspecified atom stereocenters. The summed E-state index contributed by atoms with van der Waals surface area (Å²) in [7, 11) is 0. The Kier molecular flexibility index (Phi) is 4.97. The van der Waals surface area contributed by atoms with Crippen molar-refractivity contribution in [1.29, 1.82) is 0 Å². The summed E-state index contributed by atoms with van der Waals surface area (Å²) in [5, 5.41) is 0. The van der Waals surface area contributed by atoms with Gasteiger partial charge < -0.3 is 14.9 Å². The SMILES string of the molecule is NCCCc1cnc(CCN2CCOCC2)o1. The molecule has 17 heavy (non-hydrogen) atoms. The second-order valence-electron chi connectivity index (χ2n) is 4.32. The second kappa shape index (κ2) is 6.74. The lowest BCUT2D eigenvalue weighted by Crippen LogP contribution is -2.37. The van der Waals surface area contributed by atoms with Gasteiger partial charge >= 0.3 is 0 Å². The largest absolute Gasteiger partial charge is 0.446 e. The molecule has 1 saturated heterocycles. The highest BCUT2D eigenvalue weighted by Gasteiger charge is 2.11. The molecule has 0 aliphatic carbocycles. The zero-order valence-corrected chi connectivity index (χ0v) is 10.2. The molecule has 5 nitrogen and oxygen atoms in total. The molecule has 2 N–H and O–H groups in total. The van der Waals surface area contributed by atoms with Crippen LogP contribution in [0.25, 0.3) is 0 Å². The highest BCUT2D eigenvalue weighted by molar-refractivity contribution is 4.95. The highest BCUT2D eigenvalue weighted by atomic mass is 16.5. The van der Waals surface area contributed by atoms with Gasteiger partial charge in [0.1, 0.15) is 5.76 Å². The van der Waals surface area contributed by atoms with E-state index in [0.717, 1.165) is 63.8 Å². The van der Waals surface area contributed by atoms with Crippen LogP contribution in [0.2, 0.25) is 0 Å². The monoisotopic (exact) mass is 239 g/mol. The van der Waals surface area contributed by atoms with Crippen molar-refractivity contribution < 1.29 is 9.15 Å². The summed E-state index contributed by atoms with van der Waals surface area (Å²) in [5.74, 6) is 1.79. The molecule has 96 valence electrons. The Morgan fingerprint density at radius 3 is 2.88 bits per heavy atom. The highest BCUT2D eigenvalue weighted by Crippen LogP contribution is 2.08. The average Bonchev–Trinajstić information content (AvgIpc) is 2.83. The molecular weight excluding hydrogens is 218 g/mol. The van der Waals surface area contributed by atoms with E-state index in [-0.39, 0.29) is 0 Å². The van der Waals surface area contributed by atoms with Crippen molar-refractivity contribution in [3.63, 3.8) is 0 Å². The molecule has 0 aromatic carbocycles. The zero-order chi connectivity index (χ0) is 11.9. The van der Waals surface area contributed by atoms with E-state index < -0.39 is 0 Å². The molecule has 2 heterocycles. The molecule has 2 rings (SSSR count). The Hall–Kier alpha value is -0.910. The van der Waals surface area contributed by atoms with E-state index in [4.69, 9.17) is 14.9 Å². The molecule has 0 saturated carbocycles. The van der Waals surface area contributed by atoms with Crippen LogP contribution in [0.15, 0.2) is 10.6 Å². The Labute approximate surface area is 102 Å². The number of oxazole rings is 1. The van der Waals surface area contributed by atoms with Gasteiger partial charge in [0.25, 0.3) is 0 Å². The van der Waals surface area contributed by atoms with E-state index in [2.05, 4.69) is 9.88 Å². The van der Waals surface area contributed by atoms with E-state index in [0.29, 0.717) is 6.54 Å². The van der Waals surface area contributed by atoms with E-state index in [9.17, 15) is 0 Å². The molecule has 1 aliphatic heterocycles. The Balaban J connectivity index is 1.72. The van der Waals surface area contributed by atoms with E-state index in [1.807, 2.05) is 6.20 Å². The van der Waals surface area contributed by atoms with E-state index in [1.54, 1.807) is 0 Å². The predicted molar refractivity (Wildman–Crippen MR) is 64.8 cm³/mol. The number of rotatable bonds is 6. The topological polar surface area (TPSA) is 64.5 Å². The van der Waals surface area contributed by atoms with Crippen molar-refractivity contribution in [3.8, 4) is 0 Å². The van der Waals surface area contributed by atoms with Crippen LogP contribution in [-0.4, -0.2) is 49.3 Å². The van der Waals surface area contributed by atoms with Gasteiger partial charge in [-0.25, -0.2) is 4.98 Å². The third kappa shape index (κ3) is 4.11. The molecule has 0 spiro atoms. The fraction of sp³-hybridized carbons (Fsp3) is 0.750. The van der Waals surface area contributed by atoms with Crippen LogP contribution in [0.1, 0.15) is 18.1 Å². The number of morpholine rings is 1. The predicted octanol–water partition coefficient (Wildman–Crippen LogP) is 0.441. The number of nitrogens with zero attached hydrogens (tertiary/aromatic N) is 2. The molecule has 1 aliphatic rings. The minimum absolute atomic E-state index is 0.698. The molecule has 0 atom stereocenters. The summed E-state index contributed by atoms with van der Waals surface area (Å²) in [4.78, 5) is 6.67. The maximum absolute atomic E-state index is 5.65. The fourth-order valence-electron chi connectivity index (χ4n) is 1.93. The molecule has 0 bridgehead atoms. The number of nitrogens with two attached hydrogens (primary N) is 1. The number of aromatic nitrogens is 1. The maximum atomic E-state index is 5.65. The number of hydrogen-bond acceptors (Lipinski definition) is 5. The van der Waals surface area contributed by atoms with Crippen LogP contribution >= 0.6 is 0 Å². The summed E-state index contributed by atoms with van der Waals surface area (Å²) in [5.41, 5.74) is 5.46. The molecule has 5 heteroatoms. The molecule has 1 fully saturated rings. The second-order valence-corrected chi connectivity index (χ2v) is 4.32. The van der Waals surface area contributed by atoms with Crippen LogP contribution in [0.5, 0.6) is 0 Å². The molecule has 1 aromatic rings. The van der Waals surface area contributed by atoms with Gasteiger partial charge in [-0.1, -0.05) is 0 Å². The van der Waals surface area contributed by atoms with Gasteiger partial charge in [0.05, 0.1) is 19.4 Å². The van der Waals surface area contributed by atoms with Crippen LogP contribution in [-0.2, 0) is 17.6 Å². The quantitative estimate of drug-likeness (QED) is 0.780. The first-order chi connectivity index (χ1) is 8.38. The van der Waals surface area contributed by atoms with Crippen LogP contribution < -0.4 is 5.73 Å². The first-order valence-corrected chi connectivity index (χ1v) is 6.32. The standard InChI is InChI=1S/C12H21N3O2/c13-4-1-2-11-10-14-12(17-11)3-5-15-6-8-16-9-7-15/h10H,1-9,13H2. The maximum Gasteiger partial charge on any atom is 0.195 e. The third-order valence-corrected chi connectivity index (χ3v) is 2.97. The van der Waals surface area contributed by atoms with Crippen molar-refractivity contribution in [2.75, 3.05) is 39.4 Å². The lowest BCUT2D eigenvalue weighted by atomic mass is 10.3. The first kappa shape index (κ1) is 12.5. The summed E-state index contributed by atoms with van der Waals surface area (Å²) in [6.45, 7) is 5.41. The summed E-state index contributed by atoms with van der Waals surface area (Å²) < 4.78 is 11.0. The summed E-state index contributed by atoms with van der Waals surface area (Å²) >= 11 is 0. The van der Waals surface area contributed by atoms with Crippen LogP contribution in [0.3, 0.4) is 0 Å². The minimum atomic E-state index is 0.698. The lowest BCUT2D eigenvalue weighted by Gasteiger charge is -2.25. The molecule has 0 amide bonds. The van der Waals surface area contributed by atoms with Gasteiger partial charge in [-0.3, -0.25) is 4.90 Å². The summed E-state index contributed by atoms with van der Waals surface area (Å²) in [6.07, 6.45) is 4.55. The molecule has 1 aromatic heterocycles. The van der Waals surface area contributed by atoms with E-state index >= 15 is 0 Å². The van der Waals surface area contributed by atoms with Crippen LogP contribution in [0, 0.1) is 0 Å². The first-order valence-electron chi connectivity index (χ1n) is 6.32. The fourth-order valence-corrected chi connectivity index (χ4v) is 1.93. The Morgan fingerprint density at radius 1 is 1.29 bits per heavy atom. The van der Waals surface area contributed by atoms with Crippen molar-refractivity contribution in [2.45, 2.75) is 19.3 Å². The van der Waals surface area contributed by atoms with Crippen LogP contribution in [0.4, 0.5) is 0 Å². The summed E-state index contributed by atoms with van der Waals surface area (Å²) in [6, 6.07) is 0. The van der Waals surface area contributed by atoms with Crippen molar-refractivity contribution in [3.05, 3.63) is 17.8 Å². The minimum Gasteiger partial charge on any atom is -0.446 e. The van der Waals surface area contributed by atoms with Crippen molar-refractivity contribution >= 4 is 0 Å². The van der Waals surface area contributed by atoms with Gasteiger partial charge in [0.2, 0.25) is 0 Å².